The molecular formula is C24H28N2O3. The Bertz CT molecular complexity index is 965. The lowest BCUT2D eigenvalue weighted by molar-refractivity contribution is -0.123. The lowest BCUT2D eigenvalue weighted by atomic mass is 9.82. The Balaban J connectivity index is 2.17. The van der Waals surface area contributed by atoms with Gasteiger partial charge >= 0.3 is 0 Å². The zero-order valence-corrected chi connectivity index (χ0v) is 17.9. The number of Topliss-reactive ketones (excluding diaryl/α,β-unsaturated/α-hetero) is 1. The van der Waals surface area contributed by atoms with Gasteiger partial charge in [0.25, 0.3) is 5.91 Å². The maximum Gasteiger partial charge on any atom is 0.294 e. The Morgan fingerprint density at radius 3 is 2.03 bits per heavy atom. The van der Waals surface area contributed by atoms with Crippen LogP contribution in [0.3, 0.4) is 0 Å². The van der Waals surface area contributed by atoms with E-state index in [1.807, 2.05) is 74.4 Å². The fourth-order valence-electron chi connectivity index (χ4n) is 3.48. The number of nitrogens with zero attached hydrogens (tertiary/aromatic N) is 2. The number of benzene rings is 2. The van der Waals surface area contributed by atoms with Gasteiger partial charge in [-0.25, -0.2) is 0 Å². The van der Waals surface area contributed by atoms with Crippen LogP contribution in [0.5, 0.6) is 0 Å². The van der Waals surface area contributed by atoms with Gasteiger partial charge in [0.2, 0.25) is 0 Å². The molecule has 3 rings (SSSR count). The summed E-state index contributed by atoms with van der Waals surface area (Å²) < 4.78 is 0. The molecule has 5 heteroatoms. The van der Waals surface area contributed by atoms with E-state index in [2.05, 4.69) is 0 Å². The van der Waals surface area contributed by atoms with Gasteiger partial charge in [0, 0.05) is 30.9 Å². The standard InChI is InChI=1S/C24H28N2O3/c1-15-7-11-18(12-8-15)26-20(16-9-13-17(14-10-16)25(5)6)19(21(27)23(26)29)22(28)24(2,3)4/h7-14,20,27H,1-6H3. The molecule has 1 atom stereocenters. The average Bonchev–Trinajstić information content (AvgIpc) is 2.92. The Hall–Kier alpha value is -3.08. The first-order valence-electron chi connectivity index (χ1n) is 9.68. The molecule has 29 heavy (non-hydrogen) atoms. The van der Waals surface area contributed by atoms with Gasteiger partial charge in [0.05, 0.1) is 11.6 Å². The van der Waals surface area contributed by atoms with Gasteiger partial charge < -0.3 is 10.0 Å². The second kappa shape index (κ2) is 7.39. The number of aliphatic hydroxyl groups excluding tert-OH is 1. The summed E-state index contributed by atoms with van der Waals surface area (Å²) in [6.45, 7) is 7.35. The molecule has 1 aliphatic rings. The number of carbonyl (C=O) groups excluding carboxylic acids is 2. The van der Waals surface area contributed by atoms with Crippen molar-refractivity contribution < 1.29 is 14.7 Å². The van der Waals surface area contributed by atoms with Gasteiger partial charge in [-0.3, -0.25) is 14.5 Å². The maximum atomic E-state index is 13.2. The number of hydrogen-bond acceptors (Lipinski definition) is 4. The van der Waals surface area contributed by atoms with Crippen molar-refractivity contribution in [3.8, 4) is 0 Å². The van der Waals surface area contributed by atoms with Crippen LogP contribution in [0.25, 0.3) is 0 Å². The minimum atomic E-state index is -0.727. The lowest BCUT2D eigenvalue weighted by Gasteiger charge is -2.29. The molecule has 0 radical (unpaired) electrons. The maximum absolute atomic E-state index is 13.2. The average molecular weight is 392 g/mol. The summed E-state index contributed by atoms with van der Waals surface area (Å²) in [4.78, 5) is 29.8. The third-order valence-electron chi connectivity index (χ3n) is 5.17. The van der Waals surface area contributed by atoms with Crippen molar-refractivity contribution in [2.75, 3.05) is 23.9 Å². The number of amides is 1. The monoisotopic (exact) mass is 392 g/mol. The molecule has 0 aromatic heterocycles. The van der Waals surface area contributed by atoms with Crippen LogP contribution in [0, 0.1) is 12.3 Å². The first-order chi connectivity index (χ1) is 13.5. The Morgan fingerprint density at radius 1 is 1.00 bits per heavy atom. The van der Waals surface area contributed by atoms with E-state index in [9.17, 15) is 14.7 Å². The highest BCUT2D eigenvalue weighted by Crippen LogP contribution is 2.43. The molecule has 5 nitrogen and oxygen atoms in total. The SMILES string of the molecule is Cc1ccc(N2C(=O)C(O)=C(C(=O)C(C)(C)C)C2c2ccc(N(C)C)cc2)cc1. The summed E-state index contributed by atoms with van der Waals surface area (Å²) in [7, 11) is 3.90. The first-order valence-corrected chi connectivity index (χ1v) is 9.68. The summed E-state index contributed by atoms with van der Waals surface area (Å²) in [6, 6.07) is 14.5. The largest absolute Gasteiger partial charge is 0.503 e. The molecule has 1 aliphatic heterocycles. The second-order valence-electron chi connectivity index (χ2n) is 8.74. The minimum Gasteiger partial charge on any atom is -0.503 e. The van der Waals surface area contributed by atoms with E-state index >= 15 is 0 Å². The molecule has 0 bridgehead atoms. The van der Waals surface area contributed by atoms with Crippen molar-refractivity contribution >= 4 is 23.1 Å². The Kier molecular flexibility index (Phi) is 5.26. The molecule has 2 aromatic rings. The zero-order valence-electron chi connectivity index (χ0n) is 17.9. The number of hydrogen-bond donors (Lipinski definition) is 1. The molecular weight excluding hydrogens is 364 g/mol. The number of anilines is 2. The van der Waals surface area contributed by atoms with Crippen LogP contribution in [0.15, 0.2) is 59.9 Å². The van der Waals surface area contributed by atoms with E-state index in [1.165, 1.54) is 4.90 Å². The quantitative estimate of drug-likeness (QED) is 0.828. The highest BCUT2D eigenvalue weighted by molar-refractivity contribution is 6.17. The van der Waals surface area contributed by atoms with E-state index in [0.29, 0.717) is 5.69 Å². The minimum absolute atomic E-state index is 0.153. The van der Waals surface area contributed by atoms with Crippen LogP contribution < -0.4 is 9.80 Å². The van der Waals surface area contributed by atoms with Crippen LogP contribution in [0.1, 0.15) is 37.9 Å². The molecule has 152 valence electrons. The third kappa shape index (κ3) is 3.77. The number of carbonyl (C=O) groups is 2. The summed E-state index contributed by atoms with van der Waals surface area (Å²) >= 11 is 0. The van der Waals surface area contributed by atoms with E-state index in [1.54, 1.807) is 20.8 Å². The van der Waals surface area contributed by atoms with Gasteiger partial charge in [-0.05, 0) is 36.8 Å². The van der Waals surface area contributed by atoms with E-state index in [0.717, 1.165) is 16.8 Å². The molecule has 1 N–H and O–H groups in total. The van der Waals surface area contributed by atoms with Gasteiger partial charge in [-0.2, -0.15) is 0 Å². The molecule has 1 unspecified atom stereocenters. The number of rotatable bonds is 4. The summed E-state index contributed by atoms with van der Waals surface area (Å²) in [6.07, 6.45) is 0. The second-order valence-corrected chi connectivity index (χ2v) is 8.74. The first kappa shape index (κ1) is 20.6. The topological polar surface area (TPSA) is 60.9 Å². The highest BCUT2D eigenvalue weighted by Gasteiger charge is 2.46. The predicted molar refractivity (Wildman–Crippen MR) is 116 cm³/mol. The number of aryl methyl sites for hydroxylation is 1. The third-order valence-corrected chi connectivity index (χ3v) is 5.17. The van der Waals surface area contributed by atoms with Crippen molar-refractivity contribution in [2.24, 2.45) is 5.41 Å². The smallest absolute Gasteiger partial charge is 0.294 e. The number of aliphatic hydroxyl groups is 1. The van der Waals surface area contributed by atoms with E-state index in [-0.39, 0.29) is 11.4 Å². The van der Waals surface area contributed by atoms with Crippen LogP contribution >= 0.6 is 0 Å². The van der Waals surface area contributed by atoms with Crippen molar-refractivity contribution in [3.63, 3.8) is 0 Å². The Morgan fingerprint density at radius 2 is 1.55 bits per heavy atom. The normalized spacial score (nSPS) is 17.1. The lowest BCUT2D eigenvalue weighted by Crippen LogP contribution is -2.32. The van der Waals surface area contributed by atoms with Gasteiger partial charge in [-0.1, -0.05) is 50.6 Å². The van der Waals surface area contributed by atoms with Crippen molar-refractivity contribution in [2.45, 2.75) is 33.7 Å². The van der Waals surface area contributed by atoms with Crippen LogP contribution in [0.2, 0.25) is 0 Å². The van der Waals surface area contributed by atoms with E-state index < -0.39 is 23.1 Å². The molecule has 0 saturated heterocycles. The van der Waals surface area contributed by atoms with Crippen molar-refractivity contribution in [1.82, 2.24) is 0 Å². The summed E-state index contributed by atoms with van der Waals surface area (Å²) in [5.74, 6) is -1.25. The van der Waals surface area contributed by atoms with Gasteiger partial charge in [0.15, 0.2) is 11.5 Å². The van der Waals surface area contributed by atoms with Gasteiger partial charge in [0.1, 0.15) is 0 Å². The molecule has 0 spiro atoms. The highest BCUT2D eigenvalue weighted by atomic mass is 16.3. The van der Waals surface area contributed by atoms with E-state index in [4.69, 9.17) is 0 Å². The van der Waals surface area contributed by atoms with Crippen LogP contribution in [-0.2, 0) is 9.59 Å². The van der Waals surface area contributed by atoms with Crippen molar-refractivity contribution in [1.29, 1.82) is 0 Å². The molecule has 0 saturated carbocycles. The predicted octanol–water partition coefficient (Wildman–Crippen LogP) is 4.58. The van der Waals surface area contributed by atoms with Gasteiger partial charge in [-0.15, -0.1) is 0 Å². The fourth-order valence-corrected chi connectivity index (χ4v) is 3.48. The van der Waals surface area contributed by atoms with Crippen molar-refractivity contribution in [3.05, 3.63) is 71.0 Å². The molecule has 1 amide bonds. The molecule has 0 aliphatic carbocycles. The molecule has 2 aromatic carbocycles. The fraction of sp³-hybridized carbons (Fsp3) is 0.333. The van der Waals surface area contributed by atoms with Crippen LogP contribution in [0.4, 0.5) is 11.4 Å². The van der Waals surface area contributed by atoms with Crippen LogP contribution in [-0.4, -0.2) is 30.9 Å². The molecule has 1 heterocycles. The number of ketones is 1. The summed E-state index contributed by atoms with van der Waals surface area (Å²) in [5.41, 5.74) is 2.93. The Labute approximate surface area is 172 Å². The molecule has 0 fully saturated rings. The summed E-state index contributed by atoms with van der Waals surface area (Å²) in [5, 5.41) is 10.7. The zero-order chi connectivity index (χ0) is 21.5.